The van der Waals surface area contributed by atoms with E-state index >= 15 is 0 Å². The largest absolute Gasteiger partial charge is 0.477 e. The standard InChI is InChI=1S/C23H39NO19/c1-5(27)24-9-6(28)2-23(22(38)39,42-18(9)10(30)7(29)3-25)43-20-11(31)8(4-26)40-21(17(20)37)41-19-15(35)13(33)12(32)14(34)16(19)36/h6-21,25-26,28-37H,2-4H2,1H3,(H,24,27)(H,38,39)/t6-,7-,8+,9+,10+,11-,12?,13-,14+,15-,16-,17+,18+,19?,20-,21-,23-/m0/s1. The molecule has 14 N–H and O–H groups in total. The first kappa shape index (κ1) is 35.8. The van der Waals surface area contributed by atoms with Gasteiger partial charge in [-0.25, -0.2) is 4.79 Å². The van der Waals surface area contributed by atoms with Gasteiger partial charge in [-0.15, -0.1) is 0 Å². The number of hydrogen-bond acceptors (Lipinski definition) is 18. The second kappa shape index (κ2) is 14.2. The van der Waals surface area contributed by atoms with Crippen molar-refractivity contribution in [1.29, 1.82) is 0 Å². The fourth-order valence-electron chi connectivity index (χ4n) is 5.29. The number of rotatable bonds is 10. The summed E-state index contributed by atoms with van der Waals surface area (Å²) in [7, 11) is 0. The fraction of sp³-hybridized carbons (Fsp3) is 0.913. The summed E-state index contributed by atoms with van der Waals surface area (Å²) in [5, 5.41) is 135. The molecule has 0 radical (unpaired) electrons. The van der Waals surface area contributed by atoms with Gasteiger partial charge in [-0.3, -0.25) is 4.79 Å². The number of carboxylic acid groups (broad SMARTS) is 1. The average Bonchev–Trinajstić information content (AvgIpc) is 2.96. The molecule has 1 amide bonds. The third kappa shape index (κ3) is 7.09. The van der Waals surface area contributed by atoms with Crippen LogP contribution in [0.2, 0.25) is 0 Å². The van der Waals surface area contributed by atoms with E-state index in [0.29, 0.717) is 0 Å². The maximum Gasteiger partial charge on any atom is 0.364 e. The van der Waals surface area contributed by atoms with Crippen molar-refractivity contribution in [2.45, 2.75) is 117 Å². The summed E-state index contributed by atoms with van der Waals surface area (Å²) in [5.74, 6) is -5.81. The molecule has 0 spiro atoms. The summed E-state index contributed by atoms with van der Waals surface area (Å²) in [4.78, 5) is 24.2. The Morgan fingerprint density at radius 2 is 1.44 bits per heavy atom. The van der Waals surface area contributed by atoms with E-state index < -0.39 is 135 Å². The van der Waals surface area contributed by atoms with Crippen molar-refractivity contribution in [3.05, 3.63) is 0 Å². The van der Waals surface area contributed by atoms with Crippen molar-refractivity contribution in [3.63, 3.8) is 0 Å². The second-order valence-corrected chi connectivity index (χ2v) is 10.7. The van der Waals surface area contributed by atoms with E-state index in [2.05, 4.69) is 5.32 Å². The van der Waals surface area contributed by atoms with E-state index in [-0.39, 0.29) is 0 Å². The molecule has 2 aliphatic heterocycles. The van der Waals surface area contributed by atoms with Gasteiger partial charge >= 0.3 is 5.97 Å². The van der Waals surface area contributed by atoms with Crippen molar-refractivity contribution >= 4 is 11.9 Å². The average molecular weight is 634 g/mol. The molecule has 0 aromatic carbocycles. The van der Waals surface area contributed by atoms with Crippen molar-refractivity contribution in [2.75, 3.05) is 13.2 Å². The van der Waals surface area contributed by atoms with Crippen LogP contribution in [0.4, 0.5) is 0 Å². The van der Waals surface area contributed by atoms with Gasteiger partial charge in [0.1, 0.15) is 79.4 Å². The van der Waals surface area contributed by atoms with Crippen LogP contribution in [0.25, 0.3) is 0 Å². The van der Waals surface area contributed by atoms with Crippen LogP contribution in [-0.2, 0) is 28.5 Å². The molecule has 43 heavy (non-hydrogen) atoms. The maximum atomic E-state index is 12.5. The summed E-state index contributed by atoms with van der Waals surface area (Å²) in [6.45, 7) is -1.04. The monoisotopic (exact) mass is 633 g/mol. The zero-order valence-electron chi connectivity index (χ0n) is 22.6. The van der Waals surface area contributed by atoms with Gasteiger partial charge in [0.15, 0.2) is 6.29 Å². The maximum absolute atomic E-state index is 12.5. The molecule has 2 unspecified atom stereocenters. The molecule has 3 aliphatic rings. The van der Waals surface area contributed by atoms with Crippen LogP contribution in [0.5, 0.6) is 0 Å². The molecule has 0 aromatic heterocycles. The van der Waals surface area contributed by atoms with Crippen molar-refractivity contribution in [1.82, 2.24) is 5.32 Å². The third-order valence-electron chi connectivity index (χ3n) is 7.70. The smallest absolute Gasteiger partial charge is 0.364 e. The minimum Gasteiger partial charge on any atom is -0.477 e. The van der Waals surface area contributed by atoms with E-state index in [1.54, 1.807) is 0 Å². The minimum atomic E-state index is -3.05. The van der Waals surface area contributed by atoms with Gasteiger partial charge in [-0.1, -0.05) is 0 Å². The molecule has 2 saturated heterocycles. The third-order valence-corrected chi connectivity index (χ3v) is 7.70. The molecule has 0 aromatic rings. The molecule has 20 nitrogen and oxygen atoms in total. The van der Waals surface area contributed by atoms with Gasteiger partial charge < -0.3 is 90.6 Å². The highest BCUT2D eigenvalue weighted by atomic mass is 16.8. The molecule has 17 atom stereocenters. The Balaban J connectivity index is 1.95. The van der Waals surface area contributed by atoms with Crippen LogP contribution >= 0.6 is 0 Å². The normalized spacial score (nSPS) is 47.0. The first-order valence-electron chi connectivity index (χ1n) is 13.2. The number of hydrogen-bond donors (Lipinski definition) is 14. The van der Waals surface area contributed by atoms with Crippen molar-refractivity contribution in [3.8, 4) is 0 Å². The second-order valence-electron chi connectivity index (χ2n) is 10.7. The summed E-state index contributed by atoms with van der Waals surface area (Å²) >= 11 is 0. The SMILES string of the molecule is CC(=O)N[C@H]1[C@H]([C@H](O)[C@@H](O)CO)O[C@@](O[C@H]2[C@@H](O)[C@@H](CO)O[C@@H](OC3[C@@H](O)[C@H](O)C(O)[C@H](O)[C@@H]3O)[C@@H]2O)(C(=O)O)C[C@@H]1O. The number of aliphatic hydroxyl groups excluding tert-OH is 12. The lowest BCUT2D eigenvalue weighted by Crippen LogP contribution is -2.71. The topological polar surface area (TPSA) is 346 Å². The highest BCUT2D eigenvalue weighted by Crippen LogP contribution is 2.38. The van der Waals surface area contributed by atoms with Crippen LogP contribution in [-0.4, -0.2) is 195 Å². The Hall–Kier alpha value is -1.70. The zero-order chi connectivity index (χ0) is 32.5. The van der Waals surface area contributed by atoms with E-state index in [4.69, 9.17) is 18.9 Å². The Morgan fingerprint density at radius 1 is 0.884 bits per heavy atom. The molecule has 1 saturated carbocycles. The van der Waals surface area contributed by atoms with E-state index in [0.717, 1.165) is 6.92 Å². The van der Waals surface area contributed by atoms with E-state index in [1.807, 2.05) is 0 Å². The Labute approximate surface area is 242 Å². The van der Waals surface area contributed by atoms with Crippen molar-refractivity contribution in [2.24, 2.45) is 0 Å². The lowest BCUT2D eigenvalue weighted by Gasteiger charge is -2.50. The molecular formula is C23H39NO19. The van der Waals surface area contributed by atoms with E-state index in [9.17, 15) is 76.0 Å². The number of nitrogens with one attached hydrogen (secondary N) is 1. The Morgan fingerprint density at radius 3 is 1.93 bits per heavy atom. The lowest BCUT2D eigenvalue weighted by molar-refractivity contribution is -0.380. The Bertz CT molecular complexity index is 944. The van der Waals surface area contributed by atoms with E-state index in [1.165, 1.54) is 0 Å². The molecular weight excluding hydrogens is 594 g/mol. The zero-order valence-corrected chi connectivity index (χ0v) is 22.6. The first-order chi connectivity index (χ1) is 20.0. The highest BCUT2D eigenvalue weighted by Gasteiger charge is 2.60. The van der Waals surface area contributed by atoms with Gasteiger partial charge in [0.05, 0.1) is 25.4 Å². The molecule has 250 valence electrons. The number of amides is 1. The highest BCUT2D eigenvalue weighted by molar-refractivity contribution is 5.76. The molecule has 0 bridgehead atoms. The fourth-order valence-corrected chi connectivity index (χ4v) is 5.29. The number of ether oxygens (including phenoxy) is 4. The molecule has 2 heterocycles. The quantitative estimate of drug-likeness (QED) is 0.106. The first-order valence-corrected chi connectivity index (χ1v) is 13.2. The number of aliphatic carboxylic acids is 1. The number of carboxylic acids is 1. The lowest BCUT2D eigenvalue weighted by atomic mass is 9.84. The van der Waals surface area contributed by atoms with Crippen molar-refractivity contribution < 1.29 is 94.9 Å². The van der Waals surface area contributed by atoms with Crippen LogP contribution in [0.15, 0.2) is 0 Å². The number of carbonyl (C=O) groups is 2. The number of carbonyl (C=O) groups excluding carboxylic acids is 1. The van der Waals surface area contributed by atoms with Gasteiger partial charge in [-0.05, 0) is 0 Å². The molecule has 20 heteroatoms. The molecule has 3 fully saturated rings. The predicted molar refractivity (Wildman–Crippen MR) is 130 cm³/mol. The summed E-state index contributed by atoms with van der Waals surface area (Å²) < 4.78 is 21.6. The summed E-state index contributed by atoms with van der Waals surface area (Å²) in [6, 6.07) is -1.56. The van der Waals surface area contributed by atoms with Crippen LogP contribution in [0.1, 0.15) is 13.3 Å². The van der Waals surface area contributed by atoms with Gasteiger partial charge in [0, 0.05) is 13.3 Å². The Kier molecular flexibility index (Phi) is 11.8. The van der Waals surface area contributed by atoms with Gasteiger partial charge in [0.25, 0.3) is 5.79 Å². The van der Waals surface area contributed by atoms with Gasteiger partial charge in [-0.2, -0.15) is 0 Å². The molecule has 3 rings (SSSR count). The van der Waals surface area contributed by atoms with Crippen LogP contribution in [0.3, 0.4) is 0 Å². The summed E-state index contributed by atoms with van der Waals surface area (Å²) in [5.41, 5.74) is 0. The minimum absolute atomic E-state index is 0.761. The molecule has 1 aliphatic carbocycles. The predicted octanol–water partition coefficient (Wildman–Crippen LogP) is -8.84. The number of aliphatic hydroxyl groups is 12. The van der Waals surface area contributed by atoms with Gasteiger partial charge in [0.2, 0.25) is 5.91 Å². The van der Waals surface area contributed by atoms with Crippen LogP contribution < -0.4 is 5.32 Å². The summed E-state index contributed by atoms with van der Waals surface area (Å²) in [6.07, 6.45) is -31.4. The van der Waals surface area contributed by atoms with Crippen LogP contribution in [0, 0.1) is 0 Å².